The second kappa shape index (κ2) is 4.35. The van der Waals surface area contributed by atoms with Crippen molar-refractivity contribution >= 4 is 8.32 Å². The van der Waals surface area contributed by atoms with Gasteiger partial charge in [0.05, 0.1) is 5.76 Å². The van der Waals surface area contributed by atoms with Crippen LogP contribution in [0.2, 0.25) is 19.6 Å². The van der Waals surface area contributed by atoms with Crippen LogP contribution in [0.15, 0.2) is 23.5 Å². The molecular formula is C12H22OSi. The zero-order valence-electron chi connectivity index (χ0n) is 10.1. The van der Waals surface area contributed by atoms with Crippen molar-refractivity contribution in [2.45, 2.75) is 46.3 Å². The summed E-state index contributed by atoms with van der Waals surface area (Å²) < 4.78 is 6.16. The van der Waals surface area contributed by atoms with Crippen LogP contribution < -0.4 is 0 Å². The molecule has 1 rings (SSSR count). The minimum atomic E-state index is -1.44. The van der Waals surface area contributed by atoms with Crippen molar-refractivity contribution in [2.24, 2.45) is 5.92 Å². The first-order valence-electron chi connectivity index (χ1n) is 5.58. The molecule has 14 heavy (non-hydrogen) atoms. The van der Waals surface area contributed by atoms with E-state index in [1.165, 1.54) is 11.3 Å². The molecule has 0 fully saturated rings. The van der Waals surface area contributed by atoms with Crippen molar-refractivity contribution in [3.8, 4) is 0 Å². The highest BCUT2D eigenvalue weighted by Gasteiger charge is 2.25. The van der Waals surface area contributed by atoms with E-state index < -0.39 is 8.32 Å². The van der Waals surface area contributed by atoms with E-state index in [1.54, 1.807) is 0 Å². The Labute approximate surface area is 89.0 Å². The second-order valence-electron chi connectivity index (χ2n) is 4.83. The third-order valence-electron chi connectivity index (χ3n) is 2.42. The van der Waals surface area contributed by atoms with Gasteiger partial charge in [0.2, 0.25) is 8.32 Å². The molecule has 0 aromatic heterocycles. The van der Waals surface area contributed by atoms with Gasteiger partial charge < -0.3 is 4.43 Å². The van der Waals surface area contributed by atoms with Crippen molar-refractivity contribution in [2.75, 3.05) is 0 Å². The van der Waals surface area contributed by atoms with Crippen molar-refractivity contribution in [3.63, 3.8) is 0 Å². The van der Waals surface area contributed by atoms with Crippen LogP contribution in [0.3, 0.4) is 0 Å². The van der Waals surface area contributed by atoms with Gasteiger partial charge in [0.1, 0.15) is 0 Å². The fourth-order valence-electron chi connectivity index (χ4n) is 1.72. The maximum Gasteiger partial charge on any atom is 0.241 e. The highest BCUT2D eigenvalue weighted by Crippen LogP contribution is 2.32. The third kappa shape index (κ3) is 2.74. The number of allylic oxidation sites excluding steroid dienone is 3. The van der Waals surface area contributed by atoms with Gasteiger partial charge in [-0.15, -0.1) is 0 Å². The van der Waals surface area contributed by atoms with Gasteiger partial charge >= 0.3 is 0 Å². The molecule has 0 aliphatic heterocycles. The third-order valence-corrected chi connectivity index (χ3v) is 3.25. The van der Waals surface area contributed by atoms with E-state index in [2.05, 4.69) is 45.6 Å². The number of hydrogen-bond donors (Lipinski definition) is 0. The Hall–Kier alpha value is -0.503. The Kier molecular flexibility index (Phi) is 3.59. The smallest absolute Gasteiger partial charge is 0.241 e. The standard InChI is InChI=1S/C12H22OSi/c1-6-10-8-9-11(7-2)12(10)13-14(3,4)5/h8-10H,6-7H2,1-5H3. The molecule has 0 bridgehead atoms. The molecule has 1 unspecified atom stereocenters. The Bertz CT molecular complexity index is 258. The van der Waals surface area contributed by atoms with Crippen LogP contribution in [0.1, 0.15) is 26.7 Å². The largest absolute Gasteiger partial charge is 0.547 e. The summed E-state index contributed by atoms with van der Waals surface area (Å²) >= 11 is 0. The fourth-order valence-corrected chi connectivity index (χ4v) is 2.67. The normalized spacial score (nSPS) is 21.9. The maximum atomic E-state index is 6.16. The maximum absolute atomic E-state index is 6.16. The summed E-state index contributed by atoms with van der Waals surface area (Å²) in [5.74, 6) is 1.80. The van der Waals surface area contributed by atoms with Crippen molar-refractivity contribution in [3.05, 3.63) is 23.5 Å². The number of hydrogen-bond acceptors (Lipinski definition) is 1. The van der Waals surface area contributed by atoms with E-state index in [-0.39, 0.29) is 0 Å². The molecule has 0 saturated carbocycles. The molecule has 1 aliphatic carbocycles. The molecule has 0 aromatic carbocycles. The van der Waals surface area contributed by atoms with E-state index in [1.807, 2.05) is 0 Å². The van der Waals surface area contributed by atoms with Crippen molar-refractivity contribution in [1.82, 2.24) is 0 Å². The van der Waals surface area contributed by atoms with Gasteiger partial charge in [-0.25, -0.2) is 0 Å². The second-order valence-corrected chi connectivity index (χ2v) is 9.26. The van der Waals surface area contributed by atoms with Crippen LogP contribution in [0.4, 0.5) is 0 Å². The van der Waals surface area contributed by atoms with Crippen LogP contribution in [-0.2, 0) is 4.43 Å². The van der Waals surface area contributed by atoms with Crippen molar-refractivity contribution in [1.29, 1.82) is 0 Å². The molecule has 0 N–H and O–H groups in total. The first-order valence-corrected chi connectivity index (χ1v) is 8.99. The lowest BCUT2D eigenvalue weighted by Gasteiger charge is -2.25. The summed E-state index contributed by atoms with van der Waals surface area (Å²) in [5.41, 5.74) is 1.40. The first-order chi connectivity index (χ1) is 6.48. The van der Waals surface area contributed by atoms with Gasteiger partial charge in [0, 0.05) is 5.92 Å². The van der Waals surface area contributed by atoms with E-state index >= 15 is 0 Å². The van der Waals surface area contributed by atoms with Gasteiger partial charge in [-0.1, -0.05) is 26.0 Å². The van der Waals surface area contributed by atoms with Gasteiger partial charge in [0.15, 0.2) is 0 Å². The van der Waals surface area contributed by atoms with Gasteiger partial charge in [-0.3, -0.25) is 0 Å². The molecule has 0 saturated heterocycles. The summed E-state index contributed by atoms with van der Waals surface area (Å²) in [5, 5.41) is 0. The van der Waals surface area contributed by atoms with E-state index in [0.29, 0.717) is 5.92 Å². The average Bonchev–Trinajstić information content (AvgIpc) is 2.44. The Morgan fingerprint density at radius 1 is 1.29 bits per heavy atom. The summed E-state index contributed by atoms with van der Waals surface area (Å²) in [7, 11) is -1.44. The van der Waals surface area contributed by atoms with Gasteiger partial charge in [-0.05, 0) is 38.1 Å². The van der Waals surface area contributed by atoms with Crippen LogP contribution in [0.25, 0.3) is 0 Å². The average molecular weight is 210 g/mol. The Balaban J connectivity index is 2.82. The van der Waals surface area contributed by atoms with Crippen LogP contribution >= 0.6 is 0 Å². The molecule has 0 aromatic rings. The molecule has 1 atom stereocenters. The van der Waals surface area contributed by atoms with Crippen LogP contribution in [0, 0.1) is 5.92 Å². The highest BCUT2D eigenvalue weighted by molar-refractivity contribution is 6.70. The monoisotopic (exact) mass is 210 g/mol. The number of rotatable bonds is 4. The molecule has 0 spiro atoms. The summed E-state index contributed by atoms with van der Waals surface area (Å²) in [6.07, 6.45) is 6.77. The summed E-state index contributed by atoms with van der Waals surface area (Å²) in [4.78, 5) is 0. The van der Waals surface area contributed by atoms with E-state index in [9.17, 15) is 0 Å². The molecule has 0 radical (unpaired) electrons. The van der Waals surface area contributed by atoms with E-state index in [0.717, 1.165) is 12.8 Å². The topological polar surface area (TPSA) is 9.23 Å². The predicted octanol–water partition coefficient (Wildman–Crippen LogP) is 4.10. The molecule has 2 heteroatoms. The van der Waals surface area contributed by atoms with Crippen molar-refractivity contribution < 1.29 is 4.43 Å². The van der Waals surface area contributed by atoms with Crippen LogP contribution in [-0.4, -0.2) is 8.32 Å². The zero-order valence-corrected chi connectivity index (χ0v) is 11.1. The van der Waals surface area contributed by atoms with Crippen LogP contribution in [0.5, 0.6) is 0 Å². The molecule has 80 valence electrons. The predicted molar refractivity (Wildman–Crippen MR) is 64.7 cm³/mol. The molecule has 0 amide bonds. The summed E-state index contributed by atoms with van der Waals surface area (Å²) in [6, 6.07) is 0. The highest BCUT2D eigenvalue weighted by atomic mass is 28.4. The lowest BCUT2D eigenvalue weighted by atomic mass is 10.1. The zero-order chi connectivity index (χ0) is 10.8. The minimum absolute atomic E-state index is 0.539. The molecule has 1 nitrogen and oxygen atoms in total. The molecule has 1 aliphatic rings. The van der Waals surface area contributed by atoms with Gasteiger partial charge in [0.25, 0.3) is 0 Å². The lowest BCUT2D eigenvalue weighted by molar-refractivity contribution is 0.363. The first kappa shape index (κ1) is 11.6. The fraction of sp³-hybridized carbons (Fsp3) is 0.667. The van der Waals surface area contributed by atoms with Gasteiger partial charge in [-0.2, -0.15) is 0 Å². The Morgan fingerprint density at radius 3 is 2.36 bits per heavy atom. The quantitative estimate of drug-likeness (QED) is 0.635. The van der Waals surface area contributed by atoms with E-state index in [4.69, 9.17) is 4.43 Å². The Morgan fingerprint density at radius 2 is 1.93 bits per heavy atom. The molecular weight excluding hydrogens is 188 g/mol. The minimum Gasteiger partial charge on any atom is -0.547 e. The lowest BCUT2D eigenvalue weighted by Crippen LogP contribution is -2.26. The summed E-state index contributed by atoms with van der Waals surface area (Å²) in [6.45, 7) is 11.2. The molecule has 0 heterocycles. The SMILES string of the molecule is CCC1=C(O[Si](C)(C)C)C(CC)C=C1.